The quantitative estimate of drug-likeness (QED) is 0.145. The molecule has 14 nitrogen and oxygen atoms in total. The minimum Gasteiger partial charge on any atom is -0.359 e. The summed E-state index contributed by atoms with van der Waals surface area (Å²) in [5.41, 5.74) is 19.2. The van der Waals surface area contributed by atoms with Gasteiger partial charge in [0.25, 0.3) is 0 Å². The average molecular weight is 1340 g/mol. The highest BCUT2D eigenvalue weighted by molar-refractivity contribution is 5.89. The molecule has 5 aliphatic rings. The van der Waals surface area contributed by atoms with Crippen molar-refractivity contribution in [1.82, 2.24) is 24.8 Å². The van der Waals surface area contributed by atoms with Crippen LogP contribution < -0.4 is 44.1 Å². The number of fused-ring (bicyclic) bond motifs is 4. The standard InChI is InChI=1S/2C20H19N3.C19H18N4.C16H18N2.C12H16N2/c1-15-9-6-7-12-18(15)23-16(2)22(17-10-4-3-5-11-17)20-19(23)13-8-14-21-20;1-15-9-6-7-12-18(15)23-16(2)22(17-10-4-3-5-11-17)19-13-8-14-21-20(19)23;1-14-8-6-7-11-17(14)23-15(2)22(16-9-4-3-5-10-16)18-19(23)21-13-12-20-18;1-12-8-4-5-9-14(12)18-13(2)17(3)15-10-6-7-11-16(15)18;1-10-6-4-5-7-12(10)14-9-8-13(3)11(14)2/h2*3-14,16H,1-2H3;3-13,15H,1-2H3;4-11,13H,1-3H3;4-9,11H,1-3H3/i;;;2*3D3. The normalized spacial score (nSPS) is 18.5. The molecule has 0 radical (unpaired) electrons. The molecule has 3 aromatic heterocycles. The first-order chi connectivity index (χ1) is 51.6. The van der Waals surface area contributed by atoms with Crippen molar-refractivity contribution in [3.63, 3.8) is 0 Å². The van der Waals surface area contributed by atoms with Crippen LogP contribution in [0.25, 0.3) is 0 Å². The van der Waals surface area contributed by atoms with Gasteiger partial charge >= 0.3 is 0 Å². The number of pyridine rings is 2. The Hall–Kier alpha value is -11.9. The van der Waals surface area contributed by atoms with E-state index in [9.17, 15) is 0 Å². The van der Waals surface area contributed by atoms with Gasteiger partial charge in [-0.3, -0.25) is 0 Å². The lowest BCUT2D eigenvalue weighted by atomic mass is 10.1. The van der Waals surface area contributed by atoms with Gasteiger partial charge in [0.1, 0.15) is 30.8 Å². The maximum Gasteiger partial charge on any atom is 0.178 e. The smallest absolute Gasteiger partial charge is 0.178 e. The van der Waals surface area contributed by atoms with Crippen molar-refractivity contribution in [2.75, 3.05) is 58.1 Å². The van der Waals surface area contributed by atoms with Gasteiger partial charge in [-0.2, -0.15) is 0 Å². The molecule has 508 valence electrons. The number of rotatable bonds is 8. The van der Waals surface area contributed by atoms with Crippen molar-refractivity contribution >= 4 is 91.5 Å². The fraction of sp³-hybridized carbons (Fsp3) is 0.195. The van der Waals surface area contributed by atoms with Gasteiger partial charge in [0, 0.05) is 105 Å². The number of hydrogen-bond acceptors (Lipinski definition) is 14. The Balaban J connectivity index is 0.000000119. The van der Waals surface area contributed by atoms with Gasteiger partial charge in [0.2, 0.25) is 0 Å². The third-order valence-electron chi connectivity index (χ3n) is 19.2. The van der Waals surface area contributed by atoms with E-state index in [-0.39, 0.29) is 30.8 Å². The predicted octanol–water partition coefficient (Wildman–Crippen LogP) is 21.0. The Morgan fingerprint density at radius 2 is 0.564 bits per heavy atom. The summed E-state index contributed by atoms with van der Waals surface area (Å²) in [6.07, 6.45) is 10.7. The second kappa shape index (κ2) is 30.1. The third-order valence-corrected chi connectivity index (χ3v) is 19.2. The van der Waals surface area contributed by atoms with Gasteiger partial charge in [-0.25, -0.2) is 19.9 Å². The zero-order chi connectivity index (χ0) is 75.3. The molecule has 5 unspecified atom stereocenters. The predicted molar refractivity (Wildman–Crippen MR) is 422 cm³/mol. The van der Waals surface area contributed by atoms with E-state index in [1.165, 1.54) is 49.2 Å². The van der Waals surface area contributed by atoms with Gasteiger partial charge < -0.3 is 49.0 Å². The number of para-hydroxylation sites is 10. The van der Waals surface area contributed by atoms with E-state index >= 15 is 0 Å². The van der Waals surface area contributed by atoms with Crippen molar-refractivity contribution in [1.29, 1.82) is 0 Å². The highest BCUT2D eigenvalue weighted by Gasteiger charge is 2.40. The molecule has 5 atom stereocenters. The van der Waals surface area contributed by atoms with E-state index in [1.54, 1.807) is 18.6 Å². The van der Waals surface area contributed by atoms with Crippen LogP contribution in [-0.4, -0.2) is 69.6 Å². The zero-order valence-electron chi connectivity index (χ0n) is 64.9. The molecule has 101 heavy (non-hydrogen) atoms. The molecule has 0 spiro atoms. The van der Waals surface area contributed by atoms with Crippen molar-refractivity contribution in [2.24, 2.45) is 0 Å². The molecular formula is C87H90N14. The van der Waals surface area contributed by atoms with Crippen LogP contribution in [0.2, 0.25) is 0 Å². The summed E-state index contributed by atoms with van der Waals surface area (Å²) in [5, 5.41) is 0. The molecule has 0 amide bonds. The first-order valence-electron chi connectivity index (χ1n) is 37.5. The van der Waals surface area contributed by atoms with Crippen LogP contribution in [-0.2, 0) is 0 Å². The minimum atomic E-state index is -2.16. The van der Waals surface area contributed by atoms with Gasteiger partial charge in [-0.05, 0) is 200 Å². The van der Waals surface area contributed by atoms with E-state index in [0.29, 0.717) is 0 Å². The lowest BCUT2D eigenvalue weighted by Crippen LogP contribution is -2.35. The van der Waals surface area contributed by atoms with E-state index in [0.717, 1.165) is 79.9 Å². The topological polar surface area (TPSA) is 84.0 Å². The number of anilines is 16. The van der Waals surface area contributed by atoms with Crippen molar-refractivity contribution in [3.05, 3.63) is 326 Å². The number of aromatic nitrogens is 4. The first-order valence-corrected chi connectivity index (χ1v) is 34.5. The van der Waals surface area contributed by atoms with Crippen molar-refractivity contribution in [2.45, 2.75) is 100 Å². The van der Waals surface area contributed by atoms with Gasteiger partial charge in [-0.1, -0.05) is 158 Å². The first kappa shape index (κ1) is 60.3. The second-order valence-electron chi connectivity index (χ2n) is 25.6. The zero-order valence-corrected chi connectivity index (χ0v) is 58.9. The summed E-state index contributed by atoms with van der Waals surface area (Å²) in [6, 6.07) is 88.7. The Bertz CT molecular complexity index is 4710. The number of hydrogen-bond donors (Lipinski definition) is 0. The van der Waals surface area contributed by atoms with E-state index in [1.807, 2.05) is 154 Å². The third kappa shape index (κ3) is 13.5. The molecule has 0 bridgehead atoms. The van der Waals surface area contributed by atoms with Crippen molar-refractivity contribution in [3.8, 4) is 0 Å². The maximum absolute atomic E-state index is 7.83. The monoisotopic (exact) mass is 1340 g/mol. The van der Waals surface area contributed by atoms with Crippen LogP contribution in [0.15, 0.2) is 298 Å². The lowest BCUT2D eigenvalue weighted by molar-refractivity contribution is 0.383. The van der Waals surface area contributed by atoms with Crippen LogP contribution in [0, 0.1) is 34.6 Å². The Kier molecular flexibility index (Phi) is 17.9. The van der Waals surface area contributed by atoms with Crippen LogP contribution in [0.1, 0.15) is 70.7 Å². The summed E-state index contributed by atoms with van der Waals surface area (Å²) < 4.78 is 45.8. The SMILES string of the molecule is Cc1ccccc1N1c2cccnc2N(c2ccccc2)C1C.Cc1ccccc1N1c2ncccc2N(c2ccccc2)C1C.Cc1ccccc1N1c2nccnc2N(c2ccccc2)C1C.[2H]C([2H])([2H])N1C=CN(c2ccccc2C)C1C.[2H]C([2H])([2H])N1c2ccccc2N(c2ccccc2C)C1C. The lowest BCUT2D eigenvalue weighted by Gasteiger charge is -2.30. The van der Waals surface area contributed by atoms with E-state index in [4.69, 9.17) is 8.22 Å². The Morgan fingerprint density at radius 3 is 1.01 bits per heavy atom. The van der Waals surface area contributed by atoms with Crippen LogP contribution in [0.3, 0.4) is 0 Å². The summed E-state index contributed by atoms with van der Waals surface area (Å²) in [4.78, 5) is 39.3. The second-order valence-corrected chi connectivity index (χ2v) is 25.6. The van der Waals surface area contributed by atoms with Crippen LogP contribution in [0.4, 0.5) is 91.5 Å². The van der Waals surface area contributed by atoms with E-state index < -0.39 is 14.0 Å². The summed E-state index contributed by atoms with van der Waals surface area (Å²) in [6.45, 7) is 16.7. The average Bonchev–Trinajstić information content (AvgIpc) is 2.39. The molecule has 14 heteroatoms. The van der Waals surface area contributed by atoms with E-state index in [2.05, 4.69) is 254 Å². The Morgan fingerprint density at radius 1 is 0.248 bits per heavy atom. The number of aryl methyl sites for hydroxylation is 5. The largest absolute Gasteiger partial charge is 0.359 e. The molecule has 17 rings (SSSR count). The molecular weight excluding hydrogens is 1240 g/mol. The molecule has 12 aromatic rings. The fourth-order valence-electron chi connectivity index (χ4n) is 14.1. The van der Waals surface area contributed by atoms with Gasteiger partial charge in [0.15, 0.2) is 23.3 Å². The molecule has 5 aliphatic heterocycles. The molecule has 0 saturated heterocycles. The molecule has 0 saturated carbocycles. The highest BCUT2D eigenvalue weighted by atomic mass is 15.5. The van der Waals surface area contributed by atoms with Crippen molar-refractivity contribution < 1.29 is 8.22 Å². The highest BCUT2D eigenvalue weighted by Crippen LogP contribution is 2.50. The molecule has 0 N–H and O–H groups in total. The molecule has 9 aromatic carbocycles. The minimum absolute atomic E-state index is 0.107. The number of nitrogens with zero attached hydrogens (tertiary/aromatic N) is 14. The maximum atomic E-state index is 7.83. The molecule has 0 aliphatic carbocycles. The summed E-state index contributed by atoms with van der Waals surface area (Å²) in [7, 11) is 0. The Labute approximate surface area is 605 Å². The van der Waals surface area contributed by atoms with Crippen LogP contribution in [0.5, 0.6) is 0 Å². The summed E-state index contributed by atoms with van der Waals surface area (Å²) in [5.74, 6) is 3.82. The number of benzene rings is 9. The van der Waals surface area contributed by atoms with Gasteiger partial charge in [0.05, 0.1) is 22.7 Å². The molecule has 0 fully saturated rings. The molecule has 8 heterocycles. The van der Waals surface area contributed by atoms with Gasteiger partial charge in [-0.15, -0.1) is 0 Å². The fourth-order valence-corrected chi connectivity index (χ4v) is 14.1. The van der Waals surface area contributed by atoms with Crippen LogP contribution >= 0.6 is 0 Å². The summed E-state index contributed by atoms with van der Waals surface area (Å²) >= 11 is 0.